The van der Waals surface area contributed by atoms with E-state index in [1.165, 1.54) is 49.3 Å². The zero-order chi connectivity index (χ0) is 14.2. The van der Waals surface area contributed by atoms with E-state index < -0.39 is 0 Å². The Hall–Kier alpha value is -1.62. The summed E-state index contributed by atoms with van der Waals surface area (Å²) in [5.74, 6) is 2.89. The van der Waals surface area contributed by atoms with Gasteiger partial charge in [-0.1, -0.05) is 19.3 Å². The molecule has 4 rings (SSSR count). The topological polar surface area (TPSA) is 47.7 Å². The second-order valence-corrected chi connectivity index (χ2v) is 6.31. The maximum Gasteiger partial charge on any atom is 0.160 e. The predicted molar refractivity (Wildman–Crippen MR) is 81.6 cm³/mol. The van der Waals surface area contributed by atoms with Crippen LogP contribution in [-0.2, 0) is 20.0 Å². The number of fused-ring (bicyclic) bond motifs is 1. The average Bonchev–Trinajstić information content (AvgIpc) is 3.11. The predicted octanol–water partition coefficient (Wildman–Crippen LogP) is 2.30. The van der Waals surface area contributed by atoms with E-state index in [0.29, 0.717) is 5.92 Å². The minimum Gasteiger partial charge on any atom is -0.311 e. The highest BCUT2D eigenvalue weighted by Crippen LogP contribution is 2.35. The first-order valence-electron chi connectivity index (χ1n) is 8.14. The molecule has 0 radical (unpaired) electrons. The summed E-state index contributed by atoms with van der Waals surface area (Å²) in [4.78, 5) is 5.01. The van der Waals surface area contributed by atoms with Crippen LogP contribution in [-0.4, -0.2) is 25.9 Å². The van der Waals surface area contributed by atoms with Crippen molar-refractivity contribution in [3.8, 4) is 5.82 Å². The number of hydrogen-bond donors (Lipinski definition) is 1. The quantitative estimate of drug-likeness (QED) is 0.921. The third kappa shape index (κ3) is 2.29. The lowest BCUT2D eigenvalue weighted by Gasteiger charge is -2.22. The van der Waals surface area contributed by atoms with Crippen molar-refractivity contribution in [1.82, 2.24) is 24.6 Å². The first-order valence-corrected chi connectivity index (χ1v) is 8.14. The summed E-state index contributed by atoms with van der Waals surface area (Å²) >= 11 is 0. The Morgan fingerprint density at radius 3 is 2.86 bits per heavy atom. The van der Waals surface area contributed by atoms with Crippen molar-refractivity contribution in [1.29, 1.82) is 0 Å². The minimum atomic E-state index is 0.603. The summed E-state index contributed by atoms with van der Waals surface area (Å²) in [5, 5.41) is 8.08. The highest BCUT2D eigenvalue weighted by Gasteiger charge is 2.27. The molecule has 0 saturated heterocycles. The van der Waals surface area contributed by atoms with Crippen LogP contribution >= 0.6 is 0 Å². The number of rotatable bonds is 2. The van der Waals surface area contributed by atoms with Gasteiger partial charge < -0.3 is 5.32 Å². The van der Waals surface area contributed by atoms with Gasteiger partial charge >= 0.3 is 0 Å². The molecule has 1 aliphatic heterocycles. The summed E-state index contributed by atoms with van der Waals surface area (Å²) in [6.45, 7) is 1.94. The molecule has 0 aromatic carbocycles. The molecule has 0 unspecified atom stereocenters. The van der Waals surface area contributed by atoms with Gasteiger partial charge in [0, 0.05) is 44.7 Å². The Labute approximate surface area is 125 Å². The largest absolute Gasteiger partial charge is 0.311 e. The first-order chi connectivity index (χ1) is 10.3. The smallest absolute Gasteiger partial charge is 0.160 e. The molecular weight excluding hydrogens is 262 g/mol. The van der Waals surface area contributed by atoms with Crippen molar-refractivity contribution in [3.05, 3.63) is 29.5 Å². The molecule has 0 bridgehead atoms. The van der Waals surface area contributed by atoms with Crippen LogP contribution in [0.3, 0.4) is 0 Å². The van der Waals surface area contributed by atoms with E-state index in [2.05, 4.69) is 21.0 Å². The molecule has 3 heterocycles. The lowest BCUT2D eigenvalue weighted by molar-refractivity contribution is 0.424. The average molecular weight is 285 g/mol. The van der Waals surface area contributed by atoms with E-state index in [-0.39, 0.29) is 0 Å². The van der Waals surface area contributed by atoms with Crippen LogP contribution in [0.15, 0.2) is 12.3 Å². The number of nitrogens with zero attached hydrogens (tertiary/aromatic N) is 4. The van der Waals surface area contributed by atoms with E-state index in [1.54, 1.807) is 0 Å². The maximum absolute atomic E-state index is 5.01. The third-order valence-electron chi connectivity index (χ3n) is 4.81. The van der Waals surface area contributed by atoms with Gasteiger partial charge in [-0.3, -0.25) is 9.25 Å². The van der Waals surface area contributed by atoms with Gasteiger partial charge in [-0.25, -0.2) is 4.98 Å². The molecule has 1 saturated carbocycles. The van der Waals surface area contributed by atoms with Gasteiger partial charge in [0.25, 0.3) is 0 Å². The molecule has 2 aromatic rings. The van der Waals surface area contributed by atoms with Crippen LogP contribution < -0.4 is 5.32 Å². The van der Waals surface area contributed by atoms with E-state index in [9.17, 15) is 0 Å². The highest BCUT2D eigenvalue weighted by atomic mass is 15.3. The van der Waals surface area contributed by atoms with Crippen LogP contribution in [0.1, 0.15) is 55.2 Å². The summed E-state index contributed by atoms with van der Waals surface area (Å²) in [6.07, 6.45) is 9.67. The normalized spacial score (nSPS) is 19.7. The fourth-order valence-electron chi connectivity index (χ4n) is 3.74. The molecule has 112 valence electrons. The second-order valence-electron chi connectivity index (χ2n) is 6.31. The van der Waals surface area contributed by atoms with Gasteiger partial charge in [-0.05, 0) is 12.8 Å². The summed E-state index contributed by atoms with van der Waals surface area (Å²) in [7, 11) is 1.98. The molecule has 2 aliphatic rings. The van der Waals surface area contributed by atoms with Gasteiger partial charge in [-0.15, -0.1) is 0 Å². The molecule has 0 amide bonds. The number of aromatic nitrogens is 4. The van der Waals surface area contributed by atoms with Crippen LogP contribution in [0.4, 0.5) is 0 Å². The lowest BCUT2D eigenvalue weighted by Crippen LogP contribution is -2.25. The monoisotopic (exact) mass is 285 g/mol. The fraction of sp³-hybridized carbons (Fsp3) is 0.625. The Kier molecular flexibility index (Phi) is 3.30. The van der Waals surface area contributed by atoms with E-state index in [1.807, 2.05) is 17.9 Å². The van der Waals surface area contributed by atoms with Crippen molar-refractivity contribution in [2.45, 2.75) is 51.0 Å². The van der Waals surface area contributed by atoms with Crippen LogP contribution in [0.5, 0.6) is 0 Å². The second kappa shape index (κ2) is 5.30. The standard InChI is InChI=1S/C16H23N5/c1-20-10-8-15(19-20)21-14-7-9-17-11-13(14)18-16(21)12-5-3-2-4-6-12/h8,10,12,17H,2-7,9,11H2,1H3. The van der Waals surface area contributed by atoms with Gasteiger partial charge in [-0.2, -0.15) is 5.10 Å². The maximum atomic E-state index is 5.01. The number of nitrogens with one attached hydrogen (secondary N) is 1. The van der Waals surface area contributed by atoms with Gasteiger partial charge in [0.1, 0.15) is 5.82 Å². The van der Waals surface area contributed by atoms with E-state index in [0.717, 1.165) is 25.3 Å². The number of aryl methyl sites for hydroxylation is 1. The van der Waals surface area contributed by atoms with E-state index >= 15 is 0 Å². The molecule has 1 aliphatic carbocycles. The van der Waals surface area contributed by atoms with Crippen molar-refractivity contribution in [3.63, 3.8) is 0 Å². The molecule has 0 spiro atoms. The Balaban J connectivity index is 1.82. The Morgan fingerprint density at radius 1 is 1.24 bits per heavy atom. The van der Waals surface area contributed by atoms with Crippen molar-refractivity contribution in [2.75, 3.05) is 6.54 Å². The molecule has 5 heteroatoms. The zero-order valence-electron chi connectivity index (χ0n) is 12.7. The summed E-state index contributed by atoms with van der Waals surface area (Å²) in [5.41, 5.74) is 2.60. The Morgan fingerprint density at radius 2 is 2.10 bits per heavy atom. The van der Waals surface area contributed by atoms with Crippen molar-refractivity contribution < 1.29 is 0 Å². The SMILES string of the molecule is Cn1ccc(-n2c(C3CCCCC3)nc3c2CCNC3)n1. The van der Waals surface area contributed by atoms with Crippen LogP contribution in [0.25, 0.3) is 5.82 Å². The molecule has 1 N–H and O–H groups in total. The summed E-state index contributed by atoms with van der Waals surface area (Å²) < 4.78 is 4.24. The lowest BCUT2D eigenvalue weighted by atomic mass is 9.88. The number of hydrogen-bond acceptors (Lipinski definition) is 3. The zero-order valence-corrected chi connectivity index (χ0v) is 12.7. The van der Waals surface area contributed by atoms with Crippen molar-refractivity contribution in [2.24, 2.45) is 7.05 Å². The fourth-order valence-corrected chi connectivity index (χ4v) is 3.74. The van der Waals surface area contributed by atoms with Gasteiger partial charge in [0.2, 0.25) is 0 Å². The summed E-state index contributed by atoms with van der Waals surface area (Å²) in [6, 6.07) is 2.11. The molecule has 1 fully saturated rings. The molecule has 5 nitrogen and oxygen atoms in total. The molecule has 2 aromatic heterocycles. The molecule has 21 heavy (non-hydrogen) atoms. The van der Waals surface area contributed by atoms with Gasteiger partial charge in [0.15, 0.2) is 5.82 Å². The van der Waals surface area contributed by atoms with Crippen LogP contribution in [0, 0.1) is 0 Å². The molecule has 0 atom stereocenters. The minimum absolute atomic E-state index is 0.603. The van der Waals surface area contributed by atoms with Crippen LogP contribution in [0.2, 0.25) is 0 Å². The van der Waals surface area contributed by atoms with Crippen molar-refractivity contribution >= 4 is 0 Å². The van der Waals surface area contributed by atoms with E-state index in [4.69, 9.17) is 4.98 Å². The highest BCUT2D eigenvalue weighted by molar-refractivity contribution is 5.33. The molecular formula is C16H23N5. The Bertz CT molecular complexity index is 633. The first kappa shape index (κ1) is 13.1. The number of imidazole rings is 1. The third-order valence-corrected chi connectivity index (χ3v) is 4.81. The van der Waals surface area contributed by atoms with Gasteiger partial charge in [0.05, 0.1) is 11.4 Å².